The Morgan fingerprint density at radius 3 is 2.09 bits per heavy atom. The number of rotatable bonds is 0. The highest BCUT2D eigenvalue weighted by atomic mass is 15.4. The molecule has 64 valence electrons. The molecule has 2 rings (SSSR count). The van der Waals surface area contributed by atoms with Crippen molar-refractivity contribution in [1.82, 2.24) is 0 Å². The Morgan fingerprint density at radius 2 is 1.64 bits per heavy atom. The molecular formula is C10H20N+. The van der Waals surface area contributed by atoms with Crippen molar-refractivity contribution in [2.45, 2.75) is 39.2 Å². The molecule has 0 amide bonds. The van der Waals surface area contributed by atoms with Crippen LogP contribution in [-0.4, -0.2) is 30.2 Å². The quantitative estimate of drug-likeness (QED) is 0.468. The van der Waals surface area contributed by atoms with Crippen LogP contribution in [0.4, 0.5) is 0 Å². The number of quaternary nitrogens is 1. The van der Waals surface area contributed by atoms with Gasteiger partial charge in [-0.3, -0.25) is 0 Å². The number of nitrogens with zero attached hydrogens (tertiary/aromatic N) is 1. The predicted molar refractivity (Wildman–Crippen MR) is 47.3 cm³/mol. The fourth-order valence-corrected chi connectivity index (χ4v) is 3.04. The fraction of sp³-hybridized carbons (Fsp3) is 1.00. The van der Waals surface area contributed by atoms with Crippen molar-refractivity contribution in [3.05, 3.63) is 0 Å². The standard InChI is InChI=1S/C10H20N/c1-9-5-8-11(10(9)2)6-3-4-7-11/h9-10H,3-8H2,1-2H3/q+1. The molecule has 1 nitrogen and oxygen atoms in total. The minimum Gasteiger partial charge on any atom is -0.321 e. The lowest BCUT2D eigenvalue weighted by Gasteiger charge is -2.35. The molecule has 0 radical (unpaired) electrons. The van der Waals surface area contributed by atoms with Crippen molar-refractivity contribution in [3.8, 4) is 0 Å². The molecule has 1 heteroatoms. The molecule has 2 heterocycles. The van der Waals surface area contributed by atoms with Gasteiger partial charge in [-0.15, -0.1) is 0 Å². The smallest absolute Gasteiger partial charge is 0.0889 e. The first-order valence-corrected chi connectivity index (χ1v) is 5.10. The zero-order valence-corrected chi connectivity index (χ0v) is 7.84. The maximum Gasteiger partial charge on any atom is 0.0889 e. The Morgan fingerprint density at radius 1 is 1.00 bits per heavy atom. The lowest BCUT2D eigenvalue weighted by Crippen LogP contribution is -2.48. The topological polar surface area (TPSA) is 0 Å². The van der Waals surface area contributed by atoms with Crippen molar-refractivity contribution in [2.24, 2.45) is 5.92 Å². The first-order chi connectivity index (χ1) is 5.25. The third-order valence-electron chi connectivity index (χ3n) is 4.17. The van der Waals surface area contributed by atoms with Crippen LogP contribution in [0.5, 0.6) is 0 Å². The SMILES string of the molecule is CC1CC[N+]2(CCCC2)C1C. The summed E-state index contributed by atoms with van der Waals surface area (Å²) in [6.45, 7) is 9.32. The van der Waals surface area contributed by atoms with Crippen molar-refractivity contribution < 1.29 is 4.48 Å². The Labute approximate surface area is 70.0 Å². The minimum atomic E-state index is 0.956. The van der Waals surface area contributed by atoms with E-state index in [1.807, 2.05) is 0 Å². The molecule has 11 heavy (non-hydrogen) atoms. The van der Waals surface area contributed by atoms with Gasteiger partial charge in [0, 0.05) is 25.2 Å². The van der Waals surface area contributed by atoms with Crippen molar-refractivity contribution >= 4 is 0 Å². The average molecular weight is 154 g/mol. The zero-order chi connectivity index (χ0) is 7.90. The molecule has 2 fully saturated rings. The highest BCUT2D eigenvalue weighted by Gasteiger charge is 2.44. The Balaban J connectivity index is 2.13. The average Bonchev–Trinajstić information content (AvgIpc) is 2.56. The van der Waals surface area contributed by atoms with Gasteiger partial charge >= 0.3 is 0 Å². The molecule has 0 aromatic heterocycles. The third kappa shape index (κ3) is 1.01. The van der Waals surface area contributed by atoms with E-state index in [0.29, 0.717) is 0 Å². The van der Waals surface area contributed by atoms with Gasteiger partial charge in [0.25, 0.3) is 0 Å². The van der Waals surface area contributed by atoms with E-state index in [2.05, 4.69) is 13.8 Å². The summed E-state index contributed by atoms with van der Waals surface area (Å²) in [7, 11) is 0. The number of hydrogen-bond donors (Lipinski definition) is 0. The molecular weight excluding hydrogens is 134 g/mol. The summed E-state index contributed by atoms with van der Waals surface area (Å²) in [5.41, 5.74) is 0. The minimum absolute atomic E-state index is 0.956. The molecule has 0 aromatic carbocycles. The van der Waals surface area contributed by atoms with Gasteiger partial charge in [-0.1, -0.05) is 6.92 Å². The molecule has 0 saturated carbocycles. The first kappa shape index (κ1) is 7.60. The molecule has 2 aliphatic heterocycles. The normalized spacial score (nSPS) is 42.0. The monoisotopic (exact) mass is 154 g/mol. The Hall–Kier alpha value is -0.0400. The Kier molecular flexibility index (Phi) is 1.71. The molecule has 2 saturated heterocycles. The first-order valence-electron chi connectivity index (χ1n) is 5.10. The van der Waals surface area contributed by atoms with E-state index in [1.165, 1.54) is 43.4 Å². The van der Waals surface area contributed by atoms with Crippen molar-refractivity contribution in [2.75, 3.05) is 19.6 Å². The summed E-state index contributed by atoms with van der Waals surface area (Å²) in [6.07, 6.45) is 4.44. The maximum absolute atomic E-state index is 2.46. The van der Waals surface area contributed by atoms with E-state index in [1.54, 1.807) is 0 Å². The van der Waals surface area contributed by atoms with Crippen LogP contribution in [0, 0.1) is 5.92 Å². The summed E-state index contributed by atoms with van der Waals surface area (Å²) < 4.78 is 1.47. The van der Waals surface area contributed by atoms with Crippen LogP contribution in [-0.2, 0) is 0 Å². The predicted octanol–water partition coefficient (Wildman–Crippen LogP) is 2.03. The zero-order valence-electron chi connectivity index (χ0n) is 7.84. The van der Waals surface area contributed by atoms with Gasteiger partial charge in [0.15, 0.2) is 0 Å². The summed E-state index contributed by atoms with van der Waals surface area (Å²) in [6, 6.07) is 0.956. The summed E-state index contributed by atoms with van der Waals surface area (Å²) in [4.78, 5) is 0. The lowest BCUT2D eigenvalue weighted by atomic mass is 10.0. The number of hydrogen-bond acceptors (Lipinski definition) is 0. The molecule has 0 bridgehead atoms. The molecule has 0 aliphatic carbocycles. The molecule has 2 aliphatic rings. The van der Waals surface area contributed by atoms with Gasteiger partial charge in [0.1, 0.15) is 0 Å². The molecule has 0 N–H and O–H groups in total. The molecule has 0 aromatic rings. The summed E-state index contributed by atoms with van der Waals surface area (Å²) in [5, 5.41) is 0. The second kappa shape index (κ2) is 2.48. The van der Waals surface area contributed by atoms with Gasteiger partial charge in [-0.05, 0) is 6.92 Å². The van der Waals surface area contributed by atoms with Crippen LogP contribution in [0.3, 0.4) is 0 Å². The van der Waals surface area contributed by atoms with Crippen LogP contribution >= 0.6 is 0 Å². The van der Waals surface area contributed by atoms with Gasteiger partial charge in [-0.25, -0.2) is 0 Å². The van der Waals surface area contributed by atoms with E-state index in [0.717, 1.165) is 12.0 Å². The van der Waals surface area contributed by atoms with Gasteiger partial charge in [0.05, 0.1) is 25.7 Å². The highest BCUT2D eigenvalue weighted by molar-refractivity contribution is 4.73. The van der Waals surface area contributed by atoms with Gasteiger partial charge < -0.3 is 4.48 Å². The summed E-state index contributed by atoms with van der Waals surface area (Å²) >= 11 is 0. The largest absolute Gasteiger partial charge is 0.321 e. The van der Waals surface area contributed by atoms with Crippen LogP contribution in [0.2, 0.25) is 0 Å². The second-order valence-electron chi connectivity index (χ2n) is 4.60. The van der Waals surface area contributed by atoms with E-state index >= 15 is 0 Å². The van der Waals surface area contributed by atoms with E-state index in [-0.39, 0.29) is 0 Å². The van der Waals surface area contributed by atoms with Crippen LogP contribution in [0.1, 0.15) is 33.1 Å². The maximum atomic E-state index is 2.46. The van der Waals surface area contributed by atoms with Crippen LogP contribution < -0.4 is 0 Å². The van der Waals surface area contributed by atoms with E-state index in [9.17, 15) is 0 Å². The molecule has 2 atom stereocenters. The van der Waals surface area contributed by atoms with Crippen molar-refractivity contribution in [1.29, 1.82) is 0 Å². The molecule has 1 spiro atoms. The van der Waals surface area contributed by atoms with Gasteiger partial charge in [0.2, 0.25) is 0 Å². The highest BCUT2D eigenvalue weighted by Crippen LogP contribution is 2.35. The Bertz CT molecular complexity index is 147. The second-order valence-corrected chi connectivity index (χ2v) is 4.60. The van der Waals surface area contributed by atoms with Crippen molar-refractivity contribution in [3.63, 3.8) is 0 Å². The van der Waals surface area contributed by atoms with E-state index in [4.69, 9.17) is 0 Å². The summed E-state index contributed by atoms with van der Waals surface area (Å²) in [5.74, 6) is 0.980. The fourth-order valence-electron chi connectivity index (χ4n) is 3.04. The van der Waals surface area contributed by atoms with Crippen LogP contribution in [0.25, 0.3) is 0 Å². The lowest BCUT2D eigenvalue weighted by molar-refractivity contribution is -0.927. The van der Waals surface area contributed by atoms with Crippen LogP contribution in [0.15, 0.2) is 0 Å². The third-order valence-corrected chi connectivity index (χ3v) is 4.17. The van der Waals surface area contributed by atoms with E-state index < -0.39 is 0 Å². The van der Waals surface area contributed by atoms with Gasteiger partial charge in [-0.2, -0.15) is 0 Å². The molecule has 2 unspecified atom stereocenters.